The zero-order chi connectivity index (χ0) is 24.0. The number of allylic oxidation sites excluding steroid dienone is 2. The molecule has 0 fully saturated rings. The smallest absolute Gasteiger partial charge is 0.266 e. The number of nitrogens with zero attached hydrogens (tertiary/aromatic N) is 5. The summed E-state index contributed by atoms with van der Waals surface area (Å²) in [5.41, 5.74) is 2.44. The van der Waals surface area contributed by atoms with E-state index in [4.69, 9.17) is 0 Å². The molecule has 0 aliphatic heterocycles. The highest BCUT2D eigenvalue weighted by molar-refractivity contribution is 5.96. The molecular formula is C24H21F3N6O. The van der Waals surface area contributed by atoms with E-state index in [-0.39, 0.29) is 11.3 Å². The van der Waals surface area contributed by atoms with Gasteiger partial charge in [0.05, 0.1) is 17.0 Å². The molecule has 10 heteroatoms. The van der Waals surface area contributed by atoms with Crippen molar-refractivity contribution in [3.63, 3.8) is 0 Å². The largest absolute Gasteiger partial charge is 0.363 e. The van der Waals surface area contributed by atoms with Gasteiger partial charge < -0.3 is 5.32 Å². The van der Waals surface area contributed by atoms with Crippen LogP contribution in [0.3, 0.4) is 0 Å². The van der Waals surface area contributed by atoms with Gasteiger partial charge in [-0.05, 0) is 31.9 Å². The average molecular weight is 466 g/mol. The van der Waals surface area contributed by atoms with Crippen molar-refractivity contribution in [3.05, 3.63) is 65.0 Å². The first kappa shape index (κ1) is 22.0. The molecule has 34 heavy (non-hydrogen) atoms. The van der Waals surface area contributed by atoms with E-state index in [0.29, 0.717) is 47.6 Å². The van der Waals surface area contributed by atoms with Crippen molar-refractivity contribution in [3.8, 4) is 0 Å². The van der Waals surface area contributed by atoms with Crippen molar-refractivity contribution in [2.45, 2.75) is 45.6 Å². The van der Waals surface area contributed by atoms with E-state index in [1.807, 2.05) is 12.1 Å². The summed E-state index contributed by atoms with van der Waals surface area (Å²) in [7, 11) is 0. The fourth-order valence-corrected chi connectivity index (χ4v) is 4.33. The number of nitrogens with one attached hydrogen (secondary N) is 1. The number of anilines is 1. The van der Waals surface area contributed by atoms with E-state index in [2.05, 4.69) is 25.5 Å². The molecule has 4 aromatic rings. The Hall–Kier alpha value is -3.82. The highest BCUT2D eigenvalue weighted by Crippen LogP contribution is 2.34. The zero-order valence-corrected chi connectivity index (χ0v) is 18.5. The first-order chi connectivity index (χ1) is 16.3. The molecule has 7 nitrogen and oxygen atoms in total. The molecule has 0 unspecified atom stereocenters. The number of hydrogen-bond acceptors (Lipinski definition) is 6. The number of Topliss-reactive ketones (excluding diaryl/α,β-unsaturated/α-hetero) is 1. The summed E-state index contributed by atoms with van der Waals surface area (Å²) in [5.74, 6) is 0.145. The minimum Gasteiger partial charge on any atom is -0.363 e. The van der Waals surface area contributed by atoms with E-state index in [9.17, 15) is 18.0 Å². The van der Waals surface area contributed by atoms with E-state index >= 15 is 0 Å². The number of carbonyl (C=O) groups excluding carboxylic acids is 1. The van der Waals surface area contributed by atoms with E-state index in [1.54, 1.807) is 24.6 Å². The van der Waals surface area contributed by atoms with Crippen molar-refractivity contribution >= 4 is 33.9 Å². The van der Waals surface area contributed by atoms with E-state index in [0.717, 1.165) is 17.2 Å². The lowest BCUT2D eigenvalue weighted by Gasteiger charge is -2.20. The van der Waals surface area contributed by atoms with Crippen LogP contribution in [0.2, 0.25) is 0 Å². The lowest BCUT2D eigenvalue weighted by molar-refractivity contribution is -0.118. The summed E-state index contributed by atoms with van der Waals surface area (Å²) in [4.78, 5) is 20.8. The average Bonchev–Trinajstić information content (AvgIpc) is 3.29. The number of ketones is 1. The Morgan fingerprint density at radius 3 is 2.65 bits per heavy atom. The van der Waals surface area contributed by atoms with Crippen LogP contribution >= 0.6 is 0 Å². The topological polar surface area (TPSA) is 85.1 Å². The maximum Gasteiger partial charge on any atom is 0.266 e. The second kappa shape index (κ2) is 8.51. The molecule has 1 N–H and O–H groups in total. The molecule has 3 heterocycles. The summed E-state index contributed by atoms with van der Waals surface area (Å²) in [6, 6.07) is 5.21. The molecule has 1 aromatic carbocycles. The Balaban J connectivity index is 1.64. The van der Waals surface area contributed by atoms with Gasteiger partial charge in [-0.25, -0.2) is 23.1 Å². The summed E-state index contributed by atoms with van der Waals surface area (Å²) < 4.78 is 42.9. The molecule has 5 rings (SSSR count). The van der Waals surface area contributed by atoms with Gasteiger partial charge in [0.25, 0.3) is 6.43 Å². The van der Waals surface area contributed by atoms with Crippen molar-refractivity contribution in [2.24, 2.45) is 0 Å². The minimum absolute atomic E-state index is 0.112. The summed E-state index contributed by atoms with van der Waals surface area (Å²) >= 11 is 0. The fraction of sp³-hybridized carbons (Fsp3) is 0.292. The molecule has 3 aromatic heterocycles. The normalized spacial score (nSPS) is 15.2. The number of benzene rings is 1. The quantitative estimate of drug-likeness (QED) is 0.426. The molecule has 0 saturated heterocycles. The van der Waals surface area contributed by atoms with Gasteiger partial charge in [0.2, 0.25) is 0 Å². The highest BCUT2D eigenvalue weighted by Gasteiger charge is 2.22. The number of hydrogen-bond donors (Lipinski definition) is 1. The third-order valence-corrected chi connectivity index (χ3v) is 6.05. The van der Waals surface area contributed by atoms with Gasteiger partial charge in [-0.15, -0.1) is 10.2 Å². The number of rotatable bonds is 5. The lowest BCUT2D eigenvalue weighted by atomic mass is 9.93. The Labute approximate surface area is 192 Å². The van der Waals surface area contributed by atoms with Crippen molar-refractivity contribution < 1.29 is 18.0 Å². The van der Waals surface area contributed by atoms with Crippen LogP contribution in [-0.2, 0) is 4.79 Å². The lowest BCUT2D eigenvalue weighted by Crippen LogP contribution is -2.13. The number of fused-ring (bicyclic) bond motifs is 3. The predicted octanol–water partition coefficient (Wildman–Crippen LogP) is 5.37. The molecule has 174 valence electrons. The van der Waals surface area contributed by atoms with Gasteiger partial charge >= 0.3 is 0 Å². The standard InChI is InChI=1S/C24H21F3N6O/c1-12(16-4-3-5-17(20(16)25)21(26)27)29-22-19-10-18(14-6-8-15(34)9-7-14)24-32-28-11-33(24)23(19)31-13(2)30-22/h3-6,10-12,21H,7-9H2,1-2H3,(H,29,30,31)/t12-/m1/s1. The van der Waals surface area contributed by atoms with Crippen LogP contribution in [0.4, 0.5) is 19.0 Å². The SMILES string of the molecule is Cc1nc(N[C@H](C)c2cccc(C(F)F)c2F)c2cc(C3=CCC(=O)CC3)c3nncn3c2n1. The van der Waals surface area contributed by atoms with Crippen LogP contribution in [0, 0.1) is 12.7 Å². The zero-order valence-electron chi connectivity index (χ0n) is 18.5. The molecule has 1 atom stereocenters. The molecule has 0 spiro atoms. The van der Waals surface area contributed by atoms with Gasteiger partial charge in [-0.3, -0.25) is 9.20 Å². The van der Waals surface area contributed by atoms with Crippen LogP contribution < -0.4 is 5.32 Å². The van der Waals surface area contributed by atoms with Gasteiger partial charge in [0, 0.05) is 24.0 Å². The molecular weight excluding hydrogens is 445 g/mol. The minimum atomic E-state index is -2.91. The van der Waals surface area contributed by atoms with E-state index < -0.39 is 23.8 Å². The maximum absolute atomic E-state index is 14.8. The molecule has 0 saturated carbocycles. The van der Waals surface area contributed by atoms with Crippen LogP contribution in [0.5, 0.6) is 0 Å². The number of halogens is 3. The monoisotopic (exact) mass is 466 g/mol. The van der Waals surface area contributed by atoms with Crippen LogP contribution in [0.1, 0.15) is 61.2 Å². The van der Waals surface area contributed by atoms with Crippen molar-refractivity contribution in [2.75, 3.05) is 5.32 Å². The number of aromatic nitrogens is 5. The molecule has 1 aliphatic carbocycles. The third kappa shape index (κ3) is 3.78. The summed E-state index contributed by atoms with van der Waals surface area (Å²) in [6.07, 6.45) is 1.95. The van der Waals surface area contributed by atoms with Crippen molar-refractivity contribution in [1.82, 2.24) is 24.6 Å². The number of carbonyl (C=O) groups is 1. The van der Waals surface area contributed by atoms with Crippen LogP contribution in [0.25, 0.3) is 22.3 Å². The molecule has 0 bridgehead atoms. The van der Waals surface area contributed by atoms with Gasteiger partial charge in [0.15, 0.2) is 11.3 Å². The first-order valence-electron chi connectivity index (χ1n) is 10.9. The molecule has 1 aliphatic rings. The number of alkyl halides is 2. The Kier molecular flexibility index (Phi) is 5.51. The molecule has 0 radical (unpaired) electrons. The summed E-state index contributed by atoms with van der Waals surface area (Å²) in [5, 5.41) is 12.1. The van der Waals surface area contributed by atoms with Crippen molar-refractivity contribution in [1.29, 1.82) is 0 Å². The van der Waals surface area contributed by atoms with E-state index in [1.165, 1.54) is 12.1 Å². The van der Waals surface area contributed by atoms with Crippen LogP contribution in [0.15, 0.2) is 36.7 Å². The van der Waals surface area contributed by atoms with Gasteiger partial charge in [0.1, 0.15) is 29.6 Å². The Morgan fingerprint density at radius 1 is 1.12 bits per heavy atom. The Bertz CT molecular complexity index is 1460. The second-order valence-corrected chi connectivity index (χ2v) is 8.33. The number of pyridine rings is 1. The fourth-order valence-electron chi connectivity index (χ4n) is 4.33. The van der Waals surface area contributed by atoms with Crippen LogP contribution in [-0.4, -0.2) is 30.3 Å². The van der Waals surface area contributed by atoms with Gasteiger partial charge in [-0.1, -0.05) is 24.3 Å². The van der Waals surface area contributed by atoms with Gasteiger partial charge in [-0.2, -0.15) is 0 Å². The molecule has 0 amide bonds. The summed E-state index contributed by atoms with van der Waals surface area (Å²) in [6.45, 7) is 3.41. The predicted molar refractivity (Wildman–Crippen MR) is 121 cm³/mol. The highest BCUT2D eigenvalue weighted by atomic mass is 19.3. The maximum atomic E-state index is 14.8. The second-order valence-electron chi connectivity index (χ2n) is 8.33. The third-order valence-electron chi connectivity index (χ3n) is 6.05. The Morgan fingerprint density at radius 2 is 1.91 bits per heavy atom. The number of aryl methyl sites for hydroxylation is 1. The first-order valence-corrected chi connectivity index (χ1v) is 10.9.